The SMILES string of the molecule is Cc1ccc(C)c(C2=C(O)CC(C)(C)CC2=O)c1. The van der Waals surface area contributed by atoms with Gasteiger partial charge >= 0.3 is 0 Å². The van der Waals surface area contributed by atoms with Crippen LogP contribution in [0.15, 0.2) is 24.0 Å². The molecule has 0 bridgehead atoms. The van der Waals surface area contributed by atoms with E-state index in [0.29, 0.717) is 18.4 Å². The second-order valence-electron chi connectivity index (χ2n) is 6.08. The van der Waals surface area contributed by atoms with E-state index in [0.717, 1.165) is 16.7 Å². The zero-order valence-electron chi connectivity index (χ0n) is 11.5. The lowest BCUT2D eigenvalue weighted by atomic mass is 9.74. The highest BCUT2D eigenvalue weighted by Crippen LogP contribution is 2.40. The Morgan fingerprint density at radius 1 is 1.17 bits per heavy atom. The molecule has 2 heteroatoms. The normalized spacial score (nSPS) is 19.2. The Labute approximate surface area is 108 Å². The molecular formula is C16H20O2. The van der Waals surface area contributed by atoms with Crippen LogP contribution in [0.2, 0.25) is 0 Å². The summed E-state index contributed by atoms with van der Waals surface area (Å²) < 4.78 is 0. The van der Waals surface area contributed by atoms with Crippen molar-refractivity contribution in [3.8, 4) is 0 Å². The van der Waals surface area contributed by atoms with Gasteiger partial charge in [-0.15, -0.1) is 0 Å². The summed E-state index contributed by atoms with van der Waals surface area (Å²) in [5, 5.41) is 10.2. The van der Waals surface area contributed by atoms with Gasteiger partial charge in [-0.1, -0.05) is 37.6 Å². The second kappa shape index (κ2) is 4.27. The van der Waals surface area contributed by atoms with E-state index in [-0.39, 0.29) is 17.0 Å². The summed E-state index contributed by atoms with van der Waals surface area (Å²) in [6, 6.07) is 6.00. The topological polar surface area (TPSA) is 37.3 Å². The number of Topliss-reactive ketones (excluding diaryl/α,β-unsaturated/α-hetero) is 1. The number of aliphatic hydroxyl groups is 1. The van der Waals surface area contributed by atoms with Gasteiger partial charge in [0, 0.05) is 12.8 Å². The molecule has 0 atom stereocenters. The van der Waals surface area contributed by atoms with E-state index >= 15 is 0 Å². The number of carbonyl (C=O) groups is 1. The first-order valence-electron chi connectivity index (χ1n) is 6.33. The molecule has 0 saturated heterocycles. The molecule has 0 saturated carbocycles. The molecule has 0 spiro atoms. The van der Waals surface area contributed by atoms with Gasteiger partial charge in [0.15, 0.2) is 5.78 Å². The third-order valence-electron chi connectivity index (χ3n) is 3.51. The van der Waals surface area contributed by atoms with E-state index in [1.807, 2.05) is 45.9 Å². The molecule has 1 N–H and O–H groups in total. The van der Waals surface area contributed by atoms with Crippen molar-refractivity contribution in [2.45, 2.75) is 40.5 Å². The molecule has 0 amide bonds. The van der Waals surface area contributed by atoms with Crippen molar-refractivity contribution in [1.82, 2.24) is 0 Å². The van der Waals surface area contributed by atoms with Gasteiger partial charge in [-0.3, -0.25) is 4.79 Å². The molecule has 0 radical (unpaired) electrons. The van der Waals surface area contributed by atoms with E-state index in [4.69, 9.17) is 0 Å². The number of hydrogen-bond donors (Lipinski definition) is 1. The molecule has 0 aliphatic heterocycles. The van der Waals surface area contributed by atoms with Crippen LogP contribution in [0.1, 0.15) is 43.4 Å². The van der Waals surface area contributed by atoms with Gasteiger partial charge in [-0.2, -0.15) is 0 Å². The summed E-state index contributed by atoms with van der Waals surface area (Å²) in [6.45, 7) is 8.00. The Hall–Kier alpha value is -1.57. The minimum atomic E-state index is -0.137. The predicted octanol–water partition coefficient (Wildman–Crippen LogP) is 3.96. The van der Waals surface area contributed by atoms with Gasteiger partial charge in [0.25, 0.3) is 0 Å². The predicted molar refractivity (Wildman–Crippen MR) is 73.5 cm³/mol. The number of benzene rings is 1. The molecule has 96 valence electrons. The van der Waals surface area contributed by atoms with Crippen molar-refractivity contribution in [2.24, 2.45) is 5.41 Å². The summed E-state index contributed by atoms with van der Waals surface area (Å²) in [5.41, 5.74) is 3.41. The third-order valence-corrected chi connectivity index (χ3v) is 3.51. The van der Waals surface area contributed by atoms with E-state index in [1.165, 1.54) is 0 Å². The summed E-state index contributed by atoms with van der Waals surface area (Å²) in [4.78, 5) is 12.3. The van der Waals surface area contributed by atoms with Crippen LogP contribution in [0.25, 0.3) is 5.57 Å². The first-order valence-corrected chi connectivity index (χ1v) is 6.33. The first kappa shape index (κ1) is 12.9. The zero-order chi connectivity index (χ0) is 13.5. The molecule has 1 aliphatic rings. The largest absolute Gasteiger partial charge is 0.512 e. The van der Waals surface area contributed by atoms with E-state index < -0.39 is 0 Å². The maximum atomic E-state index is 12.3. The number of aryl methyl sites for hydroxylation is 2. The standard InChI is InChI=1S/C16H20O2/c1-10-5-6-11(2)12(7-10)15-13(17)8-16(3,4)9-14(15)18/h5-7,17H,8-9H2,1-4H3. The number of aliphatic hydroxyl groups excluding tert-OH is 1. The number of rotatable bonds is 1. The molecule has 0 unspecified atom stereocenters. The molecule has 18 heavy (non-hydrogen) atoms. The van der Waals surface area contributed by atoms with E-state index in [1.54, 1.807) is 0 Å². The Morgan fingerprint density at radius 3 is 2.44 bits per heavy atom. The van der Waals surface area contributed by atoms with Gasteiger partial charge in [0.1, 0.15) is 5.76 Å². The highest BCUT2D eigenvalue weighted by molar-refractivity contribution is 6.22. The highest BCUT2D eigenvalue weighted by atomic mass is 16.3. The van der Waals surface area contributed by atoms with Crippen molar-refractivity contribution < 1.29 is 9.90 Å². The number of allylic oxidation sites excluding steroid dienone is 2. The molecule has 2 rings (SSSR count). The number of hydrogen-bond acceptors (Lipinski definition) is 2. The Balaban J connectivity index is 2.56. The monoisotopic (exact) mass is 244 g/mol. The van der Waals surface area contributed by atoms with Gasteiger partial charge in [0.05, 0.1) is 5.57 Å². The van der Waals surface area contributed by atoms with Crippen molar-refractivity contribution in [2.75, 3.05) is 0 Å². The molecular weight excluding hydrogens is 224 g/mol. The lowest BCUT2D eigenvalue weighted by molar-refractivity contribution is -0.116. The zero-order valence-corrected chi connectivity index (χ0v) is 11.5. The lowest BCUT2D eigenvalue weighted by Crippen LogP contribution is -2.25. The quantitative estimate of drug-likeness (QED) is 0.811. The van der Waals surface area contributed by atoms with Crippen molar-refractivity contribution in [3.05, 3.63) is 40.6 Å². The average molecular weight is 244 g/mol. The molecule has 2 nitrogen and oxygen atoms in total. The van der Waals surface area contributed by atoms with Crippen molar-refractivity contribution in [1.29, 1.82) is 0 Å². The van der Waals surface area contributed by atoms with Gasteiger partial charge in [-0.05, 0) is 30.4 Å². The highest BCUT2D eigenvalue weighted by Gasteiger charge is 2.33. The summed E-state index contributed by atoms with van der Waals surface area (Å²) in [7, 11) is 0. The fraction of sp³-hybridized carbons (Fsp3) is 0.438. The summed E-state index contributed by atoms with van der Waals surface area (Å²) >= 11 is 0. The molecule has 0 heterocycles. The minimum absolute atomic E-state index is 0.0532. The number of carbonyl (C=O) groups excluding carboxylic acids is 1. The van der Waals surface area contributed by atoms with Gasteiger partial charge < -0.3 is 5.11 Å². The molecule has 0 fully saturated rings. The fourth-order valence-corrected chi connectivity index (χ4v) is 2.60. The van der Waals surface area contributed by atoms with Crippen LogP contribution in [0, 0.1) is 19.3 Å². The maximum absolute atomic E-state index is 12.3. The number of ketones is 1. The molecule has 0 aromatic heterocycles. The first-order chi connectivity index (χ1) is 8.30. The van der Waals surface area contributed by atoms with Crippen molar-refractivity contribution in [3.63, 3.8) is 0 Å². The maximum Gasteiger partial charge on any atom is 0.167 e. The average Bonchev–Trinajstić information content (AvgIpc) is 2.20. The van der Waals surface area contributed by atoms with Crippen LogP contribution >= 0.6 is 0 Å². The summed E-state index contributed by atoms with van der Waals surface area (Å²) in [6.07, 6.45) is 1.07. The molecule has 1 aromatic rings. The Bertz CT molecular complexity index is 536. The van der Waals surface area contributed by atoms with E-state index in [9.17, 15) is 9.90 Å². The lowest BCUT2D eigenvalue weighted by Gasteiger charge is -2.30. The molecule has 1 aliphatic carbocycles. The third kappa shape index (κ3) is 2.33. The molecule has 1 aromatic carbocycles. The van der Waals surface area contributed by atoms with Crippen LogP contribution in [-0.2, 0) is 4.79 Å². The minimum Gasteiger partial charge on any atom is -0.512 e. The second-order valence-corrected chi connectivity index (χ2v) is 6.08. The van der Waals surface area contributed by atoms with E-state index in [2.05, 4.69) is 0 Å². The van der Waals surface area contributed by atoms with Crippen LogP contribution < -0.4 is 0 Å². The summed E-state index contributed by atoms with van der Waals surface area (Å²) in [5.74, 6) is 0.294. The fourth-order valence-electron chi connectivity index (χ4n) is 2.60. The van der Waals surface area contributed by atoms with Crippen LogP contribution in [0.4, 0.5) is 0 Å². The smallest absolute Gasteiger partial charge is 0.167 e. The van der Waals surface area contributed by atoms with Crippen LogP contribution in [0.3, 0.4) is 0 Å². The van der Waals surface area contributed by atoms with Crippen LogP contribution in [0.5, 0.6) is 0 Å². The van der Waals surface area contributed by atoms with Crippen LogP contribution in [-0.4, -0.2) is 10.9 Å². The Morgan fingerprint density at radius 2 is 1.83 bits per heavy atom. The van der Waals surface area contributed by atoms with Gasteiger partial charge in [0.2, 0.25) is 0 Å². The van der Waals surface area contributed by atoms with Crippen molar-refractivity contribution >= 4 is 11.4 Å². The Kier molecular flexibility index (Phi) is 3.05. The van der Waals surface area contributed by atoms with Gasteiger partial charge in [-0.25, -0.2) is 0 Å².